The van der Waals surface area contributed by atoms with Crippen LogP contribution in [0.5, 0.6) is 0 Å². The van der Waals surface area contributed by atoms with Crippen LogP contribution in [0.4, 0.5) is 5.82 Å². The van der Waals surface area contributed by atoms with E-state index in [0.29, 0.717) is 29.2 Å². The summed E-state index contributed by atoms with van der Waals surface area (Å²) in [6, 6.07) is 7.70. The Morgan fingerprint density at radius 3 is 2.38 bits per heavy atom. The molecule has 5 amide bonds. The van der Waals surface area contributed by atoms with Crippen molar-refractivity contribution in [2.45, 2.75) is 46.1 Å². The van der Waals surface area contributed by atoms with Gasteiger partial charge >= 0.3 is 0 Å². The van der Waals surface area contributed by atoms with Crippen molar-refractivity contribution in [3.05, 3.63) is 42.7 Å². The SMILES string of the molecule is CNC(=O)CCC(=O)N(CCN(C)C(=O)CCCN1C(=O)C=CC1=O)c1nc2ccccc2c2c1ncn2CC(C)C. The highest BCUT2D eigenvalue weighted by molar-refractivity contribution is 6.13. The molecule has 3 aromatic rings. The molecule has 0 fully saturated rings. The summed E-state index contributed by atoms with van der Waals surface area (Å²) < 4.78 is 2.07. The number of carbonyl (C=O) groups excluding carboxylic acids is 5. The van der Waals surface area contributed by atoms with Crippen molar-refractivity contribution in [2.75, 3.05) is 38.6 Å². The Morgan fingerprint density at radius 2 is 1.69 bits per heavy atom. The second-order valence-corrected chi connectivity index (χ2v) is 10.7. The number of amides is 5. The van der Waals surface area contributed by atoms with E-state index in [1.54, 1.807) is 13.4 Å². The van der Waals surface area contributed by atoms with E-state index in [1.807, 2.05) is 24.3 Å². The van der Waals surface area contributed by atoms with Gasteiger partial charge < -0.3 is 14.8 Å². The zero-order chi connectivity index (χ0) is 30.4. The summed E-state index contributed by atoms with van der Waals surface area (Å²) in [6.07, 6.45) is 4.64. The minimum Gasteiger partial charge on any atom is -0.359 e. The molecule has 1 N–H and O–H groups in total. The first-order valence-electron chi connectivity index (χ1n) is 14.1. The number of nitrogens with zero attached hydrogens (tertiary/aromatic N) is 6. The summed E-state index contributed by atoms with van der Waals surface area (Å²) in [5.41, 5.74) is 2.16. The molecule has 0 atom stereocenters. The average Bonchev–Trinajstić information content (AvgIpc) is 3.53. The van der Waals surface area contributed by atoms with Gasteiger partial charge in [0.2, 0.25) is 17.7 Å². The second kappa shape index (κ2) is 13.4. The molecule has 3 heterocycles. The first-order valence-corrected chi connectivity index (χ1v) is 14.1. The van der Waals surface area contributed by atoms with Crippen LogP contribution < -0.4 is 10.2 Å². The maximum atomic E-state index is 13.6. The molecule has 0 spiro atoms. The van der Waals surface area contributed by atoms with Crippen LogP contribution in [0.25, 0.3) is 21.9 Å². The van der Waals surface area contributed by atoms with E-state index in [9.17, 15) is 24.0 Å². The molecule has 12 nitrogen and oxygen atoms in total. The summed E-state index contributed by atoms with van der Waals surface area (Å²) in [4.78, 5) is 75.6. The van der Waals surface area contributed by atoms with Gasteiger partial charge in [0.05, 0.1) is 17.4 Å². The van der Waals surface area contributed by atoms with E-state index >= 15 is 0 Å². The molecule has 0 radical (unpaired) electrons. The number of hydrogen-bond acceptors (Lipinski definition) is 7. The highest BCUT2D eigenvalue weighted by Crippen LogP contribution is 2.31. The van der Waals surface area contributed by atoms with E-state index < -0.39 is 0 Å². The number of para-hydroxylation sites is 1. The van der Waals surface area contributed by atoms with E-state index in [4.69, 9.17) is 4.98 Å². The average molecular weight is 576 g/mol. The molecule has 0 unspecified atom stereocenters. The van der Waals surface area contributed by atoms with E-state index in [2.05, 4.69) is 28.7 Å². The largest absolute Gasteiger partial charge is 0.359 e. The highest BCUT2D eigenvalue weighted by Gasteiger charge is 2.26. The minimum absolute atomic E-state index is 0.0158. The smallest absolute Gasteiger partial charge is 0.253 e. The van der Waals surface area contributed by atoms with Crippen molar-refractivity contribution in [3.8, 4) is 0 Å². The van der Waals surface area contributed by atoms with E-state index in [1.165, 1.54) is 29.0 Å². The Kier molecular flexibility index (Phi) is 9.66. The van der Waals surface area contributed by atoms with Crippen LogP contribution in [0.3, 0.4) is 0 Å². The fourth-order valence-corrected chi connectivity index (χ4v) is 4.92. The molecular formula is C30H37N7O5. The Labute approximate surface area is 244 Å². The van der Waals surface area contributed by atoms with E-state index in [0.717, 1.165) is 22.3 Å². The maximum Gasteiger partial charge on any atom is 0.253 e. The van der Waals surface area contributed by atoms with Gasteiger partial charge in [0.15, 0.2) is 5.82 Å². The van der Waals surface area contributed by atoms with Crippen LogP contribution in [0.2, 0.25) is 0 Å². The first kappa shape index (κ1) is 30.4. The predicted octanol–water partition coefficient (Wildman–Crippen LogP) is 2.26. The number of benzene rings is 1. The van der Waals surface area contributed by atoms with Crippen molar-refractivity contribution in [2.24, 2.45) is 5.92 Å². The van der Waals surface area contributed by atoms with Gasteiger partial charge in [0.1, 0.15) is 5.52 Å². The fraction of sp³-hybridized carbons (Fsp3) is 0.433. The summed E-state index contributed by atoms with van der Waals surface area (Å²) >= 11 is 0. The van der Waals surface area contributed by atoms with Gasteiger partial charge in [-0.25, -0.2) is 9.97 Å². The van der Waals surface area contributed by atoms with Crippen LogP contribution >= 0.6 is 0 Å². The van der Waals surface area contributed by atoms with Gasteiger partial charge in [0, 0.05) is 77.1 Å². The number of nitrogens with one attached hydrogen (secondary N) is 1. The van der Waals surface area contributed by atoms with Crippen molar-refractivity contribution in [3.63, 3.8) is 0 Å². The topological polar surface area (TPSA) is 138 Å². The quantitative estimate of drug-likeness (QED) is 0.309. The molecule has 1 aromatic carbocycles. The standard InChI is InChI=1S/C30H37N7O5/c1-20(2)18-35-19-32-28-29(35)21-8-5-6-9-22(21)33-30(28)37(27(42)12-11-23(38)31-3)17-16-34(4)24(39)10-7-15-36-25(40)13-14-26(36)41/h5-6,8-9,13-14,19-20H,7,10-12,15-18H2,1-4H3,(H,31,38). The zero-order valence-electron chi connectivity index (χ0n) is 24.5. The van der Waals surface area contributed by atoms with Gasteiger partial charge in [-0.2, -0.15) is 0 Å². The molecule has 1 aliphatic heterocycles. The summed E-state index contributed by atoms with van der Waals surface area (Å²) in [7, 11) is 3.16. The lowest BCUT2D eigenvalue weighted by Crippen LogP contribution is -2.40. The number of carbonyl (C=O) groups is 5. The molecule has 4 rings (SSSR count). The van der Waals surface area contributed by atoms with Gasteiger partial charge in [0.25, 0.3) is 11.8 Å². The molecule has 1 aliphatic rings. The van der Waals surface area contributed by atoms with Crippen molar-refractivity contribution < 1.29 is 24.0 Å². The number of rotatable bonds is 13. The molecule has 42 heavy (non-hydrogen) atoms. The van der Waals surface area contributed by atoms with Crippen LogP contribution in [-0.2, 0) is 30.5 Å². The Morgan fingerprint density at radius 1 is 0.976 bits per heavy atom. The molecule has 0 aliphatic carbocycles. The third-order valence-electron chi connectivity index (χ3n) is 7.16. The van der Waals surface area contributed by atoms with Crippen LogP contribution in [0.15, 0.2) is 42.7 Å². The number of likely N-dealkylation sites (N-methyl/N-ethyl adjacent to an activating group) is 1. The summed E-state index contributed by atoms with van der Waals surface area (Å²) in [5.74, 6) is -0.751. The Bertz CT molecular complexity index is 1530. The number of imide groups is 1. The van der Waals surface area contributed by atoms with Crippen LogP contribution in [0, 0.1) is 5.92 Å². The number of anilines is 1. The maximum absolute atomic E-state index is 13.6. The molecular weight excluding hydrogens is 538 g/mol. The molecule has 0 saturated carbocycles. The van der Waals surface area contributed by atoms with Crippen LogP contribution in [-0.4, -0.2) is 87.6 Å². The molecule has 222 valence electrons. The predicted molar refractivity (Wildman–Crippen MR) is 158 cm³/mol. The second-order valence-electron chi connectivity index (χ2n) is 10.7. The van der Waals surface area contributed by atoms with Gasteiger partial charge in [-0.3, -0.25) is 33.8 Å². The van der Waals surface area contributed by atoms with Gasteiger partial charge in [-0.1, -0.05) is 32.0 Å². The molecule has 2 aromatic heterocycles. The highest BCUT2D eigenvalue weighted by atomic mass is 16.2. The lowest BCUT2D eigenvalue weighted by molar-refractivity contribution is -0.138. The Balaban J connectivity index is 1.57. The number of pyridine rings is 1. The number of imidazole rings is 1. The third kappa shape index (κ3) is 6.81. The minimum atomic E-state index is -0.378. The summed E-state index contributed by atoms with van der Waals surface area (Å²) in [5, 5.41) is 3.46. The lowest BCUT2D eigenvalue weighted by Gasteiger charge is -2.26. The van der Waals surface area contributed by atoms with Gasteiger partial charge in [-0.15, -0.1) is 0 Å². The summed E-state index contributed by atoms with van der Waals surface area (Å²) in [6.45, 7) is 5.48. The van der Waals surface area contributed by atoms with Gasteiger partial charge in [-0.05, 0) is 18.4 Å². The fourth-order valence-electron chi connectivity index (χ4n) is 4.92. The first-order chi connectivity index (χ1) is 20.1. The van der Waals surface area contributed by atoms with Crippen molar-refractivity contribution >= 4 is 57.3 Å². The van der Waals surface area contributed by atoms with E-state index in [-0.39, 0.29) is 68.4 Å². The lowest BCUT2D eigenvalue weighted by atomic mass is 10.1. The van der Waals surface area contributed by atoms with Crippen LogP contribution in [0.1, 0.15) is 39.5 Å². The normalized spacial score (nSPS) is 13.0. The molecule has 0 saturated heterocycles. The molecule has 0 bridgehead atoms. The molecule has 12 heteroatoms. The zero-order valence-corrected chi connectivity index (χ0v) is 24.5. The monoisotopic (exact) mass is 575 g/mol. The number of hydrogen-bond donors (Lipinski definition) is 1. The number of aromatic nitrogens is 3. The third-order valence-corrected chi connectivity index (χ3v) is 7.16. The van der Waals surface area contributed by atoms with Crippen molar-refractivity contribution in [1.29, 1.82) is 0 Å². The number of fused-ring (bicyclic) bond motifs is 3. The Hall–Kier alpha value is -4.61. The van der Waals surface area contributed by atoms with Crippen molar-refractivity contribution in [1.82, 2.24) is 29.7 Å².